The lowest BCUT2D eigenvalue weighted by atomic mass is 10.1. The second-order valence-corrected chi connectivity index (χ2v) is 3.91. The summed E-state index contributed by atoms with van der Waals surface area (Å²) < 4.78 is 5.44. The third kappa shape index (κ3) is 2.28. The van der Waals surface area contributed by atoms with Crippen LogP contribution in [-0.4, -0.2) is 18.0 Å². The third-order valence-corrected chi connectivity index (χ3v) is 2.59. The number of amides is 1. The Balaban J connectivity index is 2.19. The van der Waals surface area contributed by atoms with Gasteiger partial charge in [0, 0.05) is 6.54 Å². The number of anilines is 1. The molecule has 0 saturated heterocycles. The lowest BCUT2D eigenvalue weighted by molar-refractivity contribution is -0.122. The Labute approximate surface area is 98.9 Å². The number of hydrogen-bond donors (Lipinski definition) is 2. The first-order valence-corrected chi connectivity index (χ1v) is 5.61. The van der Waals surface area contributed by atoms with Crippen LogP contribution < -0.4 is 15.4 Å². The van der Waals surface area contributed by atoms with Gasteiger partial charge in [0.15, 0.2) is 6.10 Å². The average Bonchev–Trinajstić information content (AvgIpc) is 2.28. The van der Waals surface area contributed by atoms with E-state index in [1.807, 2.05) is 18.2 Å². The maximum Gasteiger partial charge on any atom is 0.265 e. The molecule has 1 heterocycles. The van der Waals surface area contributed by atoms with E-state index in [9.17, 15) is 4.79 Å². The highest BCUT2D eigenvalue weighted by Crippen LogP contribution is 2.30. The van der Waals surface area contributed by atoms with Gasteiger partial charge in [0.05, 0.1) is 11.7 Å². The fourth-order valence-corrected chi connectivity index (χ4v) is 1.65. The van der Waals surface area contributed by atoms with Gasteiger partial charge in [0.25, 0.3) is 5.91 Å². The van der Waals surface area contributed by atoms with Gasteiger partial charge in [-0.1, -0.05) is 6.07 Å². The Kier molecular flexibility index (Phi) is 3.31. The Morgan fingerprint density at radius 2 is 2.38 bits per heavy atom. The van der Waals surface area contributed by atoms with E-state index in [1.54, 1.807) is 6.92 Å². The maximum atomic E-state index is 11.4. The van der Waals surface area contributed by atoms with Crippen LogP contribution in [0.2, 0.25) is 0 Å². The van der Waals surface area contributed by atoms with Gasteiger partial charge in [0.1, 0.15) is 5.75 Å². The zero-order valence-electron chi connectivity index (χ0n) is 8.92. The van der Waals surface area contributed by atoms with Crippen LogP contribution in [0.1, 0.15) is 12.5 Å². The van der Waals surface area contributed by atoms with Crippen molar-refractivity contribution in [1.29, 1.82) is 0 Å². The van der Waals surface area contributed by atoms with Crippen molar-refractivity contribution in [2.75, 3.05) is 11.3 Å². The minimum atomic E-state index is -0.431. The average molecular weight is 241 g/mol. The van der Waals surface area contributed by atoms with Gasteiger partial charge in [-0.05, 0) is 24.6 Å². The summed E-state index contributed by atoms with van der Waals surface area (Å²) in [7, 11) is 0. The molecule has 1 amide bonds. The molecule has 1 aliphatic heterocycles. The highest BCUT2D eigenvalue weighted by Gasteiger charge is 2.23. The zero-order chi connectivity index (χ0) is 11.5. The normalized spacial score (nSPS) is 18.6. The van der Waals surface area contributed by atoms with Crippen molar-refractivity contribution in [3.63, 3.8) is 0 Å². The van der Waals surface area contributed by atoms with Gasteiger partial charge in [-0.2, -0.15) is 0 Å². The summed E-state index contributed by atoms with van der Waals surface area (Å²) in [6.45, 7) is 2.39. The second kappa shape index (κ2) is 4.72. The van der Waals surface area contributed by atoms with E-state index in [0.717, 1.165) is 11.3 Å². The van der Waals surface area contributed by atoms with E-state index in [0.29, 0.717) is 18.3 Å². The monoisotopic (exact) mass is 240 g/mol. The van der Waals surface area contributed by atoms with Crippen LogP contribution in [0.25, 0.3) is 0 Å². The van der Waals surface area contributed by atoms with Gasteiger partial charge in [-0.25, -0.2) is 0 Å². The molecular weight excluding hydrogens is 228 g/mol. The number of carbonyl (C=O) groups excluding carboxylic acids is 1. The SMILES string of the molecule is CC1Oc2ccc(CNCCl)cc2NC1=O. The van der Waals surface area contributed by atoms with Crippen molar-refractivity contribution in [1.82, 2.24) is 5.32 Å². The Hall–Kier alpha value is -1.26. The number of carbonyl (C=O) groups is 1. The van der Waals surface area contributed by atoms with Crippen molar-refractivity contribution in [3.8, 4) is 5.75 Å². The van der Waals surface area contributed by atoms with Crippen LogP contribution in [-0.2, 0) is 11.3 Å². The molecule has 0 saturated carbocycles. The number of ether oxygens (including phenoxy) is 1. The Morgan fingerprint density at radius 3 is 3.12 bits per heavy atom. The fourth-order valence-electron chi connectivity index (χ4n) is 1.56. The predicted octanol–water partition coefficient (Wildman–Crippen LogP) is 1.69. The van der Waals surface area contributed by atoms with Gasteiger partial charge in [-0.3, -0.25) is 10.1 Å². The van der Waals surface area contributed by atoms with Crippen molar-refractivity contribution >= 4 is 23.2 Å². The smallest absolute Gasteiger partial charge is 0.265 e. The largest absolute Gasteiger partial charge is 0.479 e. The number of benzene rings is 1. The highest BCUT2D eigenvalue weighted by molar-refractivity contribution is 6.17. The fraction of sp³-hybridized carbons (Fsp3) is 0.364. The standard InChI is InChI=1S/C11H13ClN2O2/c1-7-11(15)14-9-4-8(5-13-6-12)2-3-10(9)16-7/h2-4,7,13H,5-6H2,1H3,(H,14,15). The van der Waals surface area contributed by atoms with Gasteiger partial charge in [-0.15, -0.1) is 11.6 Å². The summed E-state index contributed by atoms with van der Waals surface area (Å²) in [4.78, 5) is 11.4. The molecule has 0 fully saturated rings. The van der Waals surface area contributed by atoms with Crippen molar-refractivity contribution in [2.24, 2.45) is 0 Å². The van der Waals surface area contributed by atoms with Crippen LogP contribution in [0.4, 0.5) is 5.69 Å². The lowest BCUT2D eigenvalue weighted by Gasteiger charge is -2.23. The highest BCUT2D eigenvalue weighted by atomic mass is 35.5. The molecule has 0 spiro atoms. The minimum Gasteiger partial charge on any atom is -0.479 e. The molecule has 0 aromatic heterocycles. The van der Waals surface area contributed by atoms with Gasteiger partial charge in [0.2, 0.25) is 0 Å². The van der Waals surface area contributed by atoms with Crippen molar-refractivity contribution in [2.45, 2.75) is 19.6 Å². The van der Waals surface area contributed by atoms with Crippen molar-refractivity contribution in [3.05, 3.63) is 23.8 Å². The van der Waals surface area contributed by atoms with E-state index < -0.39 is 6.10 Å². The molecular formula is C11H13ClN2O2. The summed E-state index contributed by atoms with van der Waals surface area (Å²) in [5.74, 6) is 0.594. The van der Waals surface area contributed by atoms with E-state index in [-0.39, 0.29) is 5.91 Å². The number of halogens is 1. The molecule has 4 nitrogen and oxygen atoms in total. The summed E-state index contributed by atoms with van der Waals surface area (Å²) in [5.41, 5.74) is 1.77. The maximum absolute atomic E-state index is 11.4. The van der Waals surface area contributed by atoms with Gasteiger partial charge >= 0.3 is 0 Å². The molecule has 86 valence electrons. The first kappa shape index (κ1) is 11.2. The second-order valence-electron chi connectivity index (χ2n) is 3.64. The van der Waals surface area contributed by atoms with Crippen LogP contribution in [0.15, 0.2) is 18.2 Å². The first-order chi connectivity index (χ1) is 7.70. The van der Waals surface area contributed by atoms with E-state index in [1.165, 1.54) is 0 Å². The summed E-state index contributed by atoms with van der Waals surface area (Å²) in [5, 5.41) is 5.81. The number of rotatable bonds is 3. The van der Waals surface area contributed by atoms with E-state index in [4.69, 9.17) is 16.3 Å². The number of fused-ring (bicyclic) bond motifs is 1. The molecule has 0 aliphatic carbocycles. The quantitative estimate of drug-likeness (QED) is 0.625. The van der Waals surface area contributed by atoms with E-state index >= 15 is 0 Å². The molecule has 0 radical (unpaired) electrons. The molecule has 1 aromatic rings. The number of hydrogen-bond acceptors (Lipinski definition) is 3. The molecule has 1 atom stereocenters. The third-order valence-electron chi connectivity index (χ3n) is 2.40. The molecule has 5 heteroatoms. The topological polar surface area (TPSA) is 50.4 Å². The summed E-state index contributed by atoms with van der Waals surface area (Å²) >= 11 is 5.53. The number of alkyl halides is 1. The molecule has 0 bridgehead atoms. The van der Waals surface area contributed by atoms with Crippen LogP contribution in [0.3, 0.4) is 0 Å². The summed E-state index contributed by atoms with van der Waals surface area (Å²) in [6.07, 6.45) is -0.431. The summed E-state index contributed by atoms with van der Waals surface area (Å²) in [6, 6.07) is 6.09. The Morgan fingerprint density at radius 1 is 1.56 bits per heavy atom. The zero-order valence-corrected chi connectivity index (χ0v) is 9.67. The molecule has 1 aliphatic rings. The molecule has 2 rings (SSSR count). The van der Waals surface area contributed by atoms with Crippen LogP contribution in [0, 0.1) is 0 Å². The Bertz CT molecular complexity index is 409. The molecule has 1 unspecified atom stereocenters. The molecule has 1 aromatic carbocycles. The van der Waals surface area contributed by atoms with Crippen LogP contribution >= 0.6 is 11.6 Å². The predicted molar refractivity (Wildman–Crippen MR) is 62.7 cm³/mol. The number of nitrogens with one attached hydrogen (secondary N) is 2. The van der Waals surface area contributed by atoms with Crippen LogP contribution in [0.5, 0.6) is 5.75 Å². The minimum absolute atomic E-state index is 0.116. The van der Waals surface area contributed by atoms with E-state index in [2.05, 4.69) is 10.6 Å². The first-order valence-electron chi connectivity index (χ1n) is 5.08. The van der Waals surface area contributed by atoms with Gasteiger partial charge < -0.3 is 10.1 Å². The molecule has 2 N–H and O–H groups in total. The van der Waals surface area contributed by atoms with Crippen molar-refractivity contribution < 1.29 is 9.53 Å². The lowest BCUT2D eigenvalue weighted by Crippen LogP contribution is -2.34. The molecule has 16 heavy (non-hydrogen) atoms.